The molecule has 0 spiro atoms. The Balaban J connectivity index is 1.33. The normalized spacial score (nSPS) is 11.6. The zero-order valence-electron chi connectivity index (χ0n) is 27.4. The third-order valence-electron chi connectivity index (χ3n) is 10.1. The molecule has 0 saturated heterocycles. The van der Waals surface area contributed by atoms with E-state index in [1.165, 1.54) is 77.0 Å². The minimum atomic E-state index is 1.13. The molecule has 0 aliphatic carbocycles. The number of aromatic nitrogens is 2. The van der Waals surface area contributed by atoms with Crippen LogP contribution < -0.4 is 0 Å². The molecule has 0 saturated carbocycles. The smallest absolute Gasteiger partial charge is 0.0789 e. The highest BCUT2D eigenvalue weighted by Crippen LogP contribution is 2.44. The standard InChI is InChI=1S/C48H32N2/c1-4-15-33(16-5-1)35-19-12-20-36(31-35)37-21-13-24-39(32-37)50-45-28-14-26-40(34-17-6-2-7-18-34)46(45)43-30-29-42-41-25-10-11-27-44(41)49(47(42)48(43)50)38-22-8-3-9-23-38/h1-32H. The molecule has 0 amide bonds. The van der Waals surface area contributed by atoms with Crippen molar-refractivity contribution in [3.63, 3.8) is 0 Å². The molecular formula is C48H32N2. The molecule has 2 aromatic heterocycles. The van der Waals surface area contributed by atoms with Gasteiger partial charge in [-0.05, 0) is 75.8 Å². The predicted molar refractivity (Wildman–Crippen MR) is 211 cm³/mol. The maximum Gasteiger partial charge on any atom is 0.0789 e. The average Bonchev–Trinajstić information content (AvgIpc) is 3.72. The summed E-state index contributed by atoms with van der Waals surface area (Å²) in [5.41, 5.74) is 14.4. The molecule has 2 heterocycles. The number of nitrogens with zero attached hydrogens (tertiary/aromatic N) is 2. The third kappa shape index (κ3) is 4.43. The lowest BCUT2D eigenvalue weighted by molar-refractivity contribution is 1.15. The van der Waals surface area contributed by atoms with Crippen LogP contribution in [0.3, 0.4) is 0 Å². The third-order valence-corrected chi connectivity index (χ3v) is 10.1. The first kappa shape index (κ1) is 28.4. The Hall–Kier alpha value is -6.64. The molecule has 0 N–H and O–H groups in total. The minimum absolute atomic E-state index is 1.13. The number of fused-ring (bicyclic) bond motifs is 7. The molecule has 0 unspecified atom stereocenters. The summed E-state index contributed by atoms with van der Waals surface area (Å²) in [4.78, 5) is 0. The lowest BCUT2D eigenvalue weighted by Crippen LogP contribution is -1.99. The monoisotopic (exact) mass is 636 g/mol. The molecule has 0 radical (unpaired) electrons. The highest BCUT2D eigenvalue weighted by Gasteiger charge is 2.23. The summed E-state index contributed by atoms with van der Waals surface area (Å²) < 4.78 is 4.96. The maximum absolute atomic E-state index is 2.50. The van der Waals surface area contributed by atoms with Gasteiger partial charge in [0.15, 0.2) is 0 Å². The molecule has 8 aromatic carbocycles. The van der Waals surface area contributed by atoms with E-state index in [2.05, 4.69) is 203 Å². The Kier molecular flexibility index (Phi) is 6.53. The molecule has 0 aliphatic rings. The van der Waals surface area contributed by atoms with Crippen molar-refractivity contribution >= 4 is 43.6 Å². The largest absolute Gasteiger partial charge is 0.307 e. The quantitative estimate of drug-likeness (QED) is 0.178. The van der Waals surface area contributed by atoms with Crippen molar-refractivity contribution in [3.05, 3.63) is 194 Å². The van der Waals surface area contributed by atoms with Crippen LogP contribution >= 0.6 is 0 Å². The second-order valence-electron chi connectivity index (χ2n) is 12.9. The van der Waals surface area contributed by atoms with E-state index in [1.807, 2.05) is 0 Å². The topological polar surface area (TPSA) is 9.86 Å². The molecule has 0 fully saturated rings. The van der Waals surface area contributed by atoms with E-state index in [1.54, 1.807) is 0 Å². The highest BCUT2D eigenvalue weighted by atomic mass is 15.0. The molecule has 2 nitrogen and oxygen atoms in total. The van der Waals surface area contributed by atoms with Gasteiger partial charge < -0.3 is 9.13 Å². The van der Waals surface area contributed by atoms with E-state index in [9.17, 15) is 0 Å². The molecule has 10 rings (SSSR count). The fourth-order valence-electron chi connectivity index (χ4n) is 7.90. The first-order valence-corrected chi connectivity index (χ1v) is 17.2. The number of rotatable bonds is 5. The van der Waals surface area contributed by atoms with Crippen molar-refractivity contribution in [2.45, 2.75) is 0 Å². The first-order chi connectivity index (χ1) is 24.8. The van der Waals surface area contributed by atoms with Gasteiger partial charge in [0.05, 0.1) is 22.1 Å². The maximum atomic E-state index is 2.50. The van der Waals surface area contributed by atoms with Gasteiger partial charge in [-0.1, -0.05) is 152 Å². The van der Waals surface area contributed by atoms with Crippen molar-refractivity contribution < 1.29 is 0 Å². The van der Waals surface area contributed by atoms with Gasteiger partial charge in [0, 0.05) is 32.9 Å². The van der Waals surface area contributed by atoms with E-state index >= 15 is 0 Å². The molecule has 0 aliphatic heterocycles. The highest BCUT2D eigenvalue weighted by molar-refractivity contribution is 6.26. The van der Waals surface area contributed by atoms with E-state index in [4.69, 9.17) is 0 Å². The van der Waals surface area contributed by atoms with Crippen LogP contribution in [-0.2, 0) is 0 Å². The van der Waals surface area contributed by atoms with Crippen molar-refractivity contribution in [2.75, 3.05) is 0 Å². The molecular weight excluding hydrogens is 605 g/mol. The Labute approximate surface area is 290 Å². The van der Waals surface area contributed by atoms with Crippen LogP contribution in [0.15, 0.2) is 194 Å². The molecule has 0 bridgehead atoms. The summed E-state index contributed by atoms with van der Waals surface area (Å²) in [5.74, 6) is 0. The fraction of sp³-hybridized carbons (Fsp3) is 0. The molecule has 0 atom stereocenters. The SMILES string of the molecule is c1ccc(-c2cccc(-c3cccc(-n4c5cccc(-c6ccccc6)c5c5ccc6c7ccccc7n(-c7ccccc7)c6c54)c3)c2)cc1. The summed E-state index contributed by atoms with van der Waals surface area (Å²) in [6, 6.07) is 70.4. The van der Waals surface area contributed by atoms with Crippen LogP contribution in [0.2, 0.25) is 0 Å². The van der Waals surface area contributed by atoms with Gasteiger partial charge >= 0.3 is 0 Å². The van der Waals surface area contributed by atoms with Gasteiger partial charge in [0.2, 0.25) is 0 Å². The Morgan fingerprint density at radius 3 is 1.56 bits per heavy atom. The van der Waals surface area contributed by atoms with E-state index < -0.39 is 0 Å². The van der Waals surface area contributed by atoms with Crippen molar-refractivity contribution in [1.82, 2.24) is 9.13 Å². The Morgan fingerprint density at radius 2 is 0.780 bits per heavy atom. The van der Waals surface area contributed by atoms with Crippen LogP contribution in [0.1, 0.15) is 0 Å². The van der Waals surface area contributed by atoms with E-state index in [0.29, 0.717) is 0 Å². The summed E-state index contributed by atoms with van der Waals surface area (Å²) in [6.07, 6.45) is 0. The van der Waals surface area contributed by atoms with Gasteiger partial charge in [-0.25, -0.2) is 0 Å². The number of hydrogen-bond acceptors (Lipinski definition) is 0. The average molecular weight is 637 g/mol. The van der Waals surface area contributed by atoms with Gasteiger partial charge in [-0.15, -0.1) is 0 Å². The van der Waals surface area contributed by atoms with Crippen LogP contribution in [0.4, 0.5) is 0 Å². The fourth-order valence-corrected chi connectivity index (χ4v) is 7.90. The summed E-state index contributed by atoms with van der Waals surface area (Å²) in [7, 11) is 0. The lowest BCUT2D eigenvalue weighted by atomic mass is 9.99. The van der Waals surface area contributed by atoms with Crippen LogP contribution in [0, 0.1) is 0 Å². The molecule has 10 aromatic rings. The zero-order chi connectivity index (χ0) is 33.0. The van der Waals surface area contributed by atoms with Gasteiger partial charge in [-0.2, -0.15) is 0 Å². The van der Waals surface area contributed by atoms with E-state index in [-0.39, 0.29) is 0 Å². The van der Waals surface area contributed by atoms with Crippen LogP contribution in [0.5, 0.6) is 0 Å². The zero-order valence-corrected chi connectivity index (χ0v) is 27.4. The van der Waals surface area contributed by atoms with Crippen LogP contribution in [0.25, 0.3) is 88.4 Å². The molecule has 234 valence electrons. The Bertz CT molecular complexity index is 2840. The second-order valence-corrected chi connectivity index (χ2v) is 12.9. The first-order valence-electron chi connectivity index (χ1n) is 17.2. The summed E-state index contributed by atoms with van der Waals surface area (Å²) in [6.45, 7) is 0. The number of hydrogen-bond donors (Lipinski definition) is 0. The Morgan fingerprint density at radius 1 is 0.280 bits per heavy atom. The summed E-state index contributed by atoms with van der Waals surface area (Å²) >= 11 is 0. The van der Waals surface area contributed by atoms with Crippen LogP contribution in [-0.4, -0.2) is 9.13 Å². The van der Waals surface area contributed by atoms with Gasteiger partial charge in [-0.3, -0.25) is 0 Å². The summed E-state index contributed by atoms with van der Waals surface area (Å²) in [5, 5.41) is 4.99. The van der Waals surface area contributed by atoms with Crippen molar-refractivity contribution in [1.29, 1.82) is 0 Å². The van der Waals surface area contributed by atoms with Crippen molar-refractivity contribution in [2.24, 2.45) is 0 Å². The molecule has 2 heteroatoms. The number of para-hydroxylation sites is 2. The minimum Gasteiger partial charge on any atom is -0.307 e. The predicted octanol–water partition coefficient (Wildman–Crippen LogP) is 12.9. The van der Waals surface area contributed by atoms with E-state index in [0.717, 1.165) is 11.4 Å². The molecule has 50 heavy (non-hydrogen) atoms. The lowest BCUT2D eigenvalue weighted by Gasteiger charge is -2.14. The van der Waals surface area contributed by atoms with Crippen molar-refractivity contribution in [3.8, 4) is 44.8 Å². The number of benzene rings is 8. The second kappa shape index (κ2) is 11.5. The van der Waals surface area contributed by atoms with Gasteiger partial charge in [0.25, 0.3) is 0 Å². The van der Waals surface area contributed by atoms with Gasteiger partial charge in [0.1, 0.15) is 0 Å².